The third kappa shape index (κ3) is 2.75. The van der Waals surface area contributed by atoms with E-state index in [1.807, 2.05) is 6.07 Å². The standard InChI is InChI=1S/C13H13ClN2O4S/c1-8-11(13(17)18)4-5-16(8)21(19,20)10-3-2-9(7-15)12(14)6-10/h2-3,6,8,11H,4-5H2,1H3,(H,17,18). The van der Waals surface area contributed by atoms with Crippen molar-refractivity contribution in [3.63, 3.8) is 0 Å². The molecule has 6 nitrogen and oxygen atoms in total. The molecule has 0 bridgehead atoms. The number of nitrogens with zero attached hydrogens (tertiary/aromatic N) is 2. The summed E-state index contributed by atoms with van der Waals surface area (Å²) in [6, 6.07) is 5.10. The van der Waals surface area contributed by atoms with Crippen LogP contribution in [-0.2, 0) is 14.8 Å². The zero-order valence-electron chi connectivity index (χ0n) is 11.2. The molecule has 2 atom stereocenters. The van der Waals surface area contributed by atoms with Crippen LogP contribution in [0.1, 0.15) is 18.9 Å². The fourth-order valence-corrected chi connectivity index (χ4v) is 4.46. The summed E-state index contributed by atoms with van der Waals surface area (Å²) < 4.78 is 26.3. The molecule has 21 heavy (non-hydrogen) atoms. The van der Waals surface area contributed by atoms with Gasteiger partial charge in [0.1, 0.15) is 6.07 Å². The van der Waals surface area contributed by atoms with Gasteiger partial charge in [-0.1, -0.05) is 11.6 Å². The minimum Gasteiger partial charge on any atom is -0.481 e. The molecule has 2 unspecified atom stereocenters. The summed E-state index contributed by atoms with van der Waals surface area (Å²) in [7, 11) is -3.83. The number of nitriles is 1. The number of carboxylic acid groups (broad SMARTS) is 1. The molecule has 1 aromatic rings. The Morgan fingerprint density at radius 3 is 2.67 bits per heavy atom. The molecule has 1 aliphatic rings. The summed E-state index contributed by atoms with van der Waals surface area (Å²) in [6.45, 7) is 1.73. The van der Waals surface area contributed by atoms with E-state index in [9.17, 15) is 13.2 Å². The van der Waals surface area contributed by atoms with Gasteiger partial charge in [-0.3, -0.25) is 4.79 Å². The quantitative estimate of drug-likeness (QED) is 0.910. The molecule has 112 valence electrons. The van der Waals surface area contributed by atoms with E-state index in [2.05, 4.69) is 0 Å². The van der Waals surface area contributed by atoms with Gasteiger partial charge in [-0.2, -0.15) is 9.57 Å². The highest BCUT2D eigenvalue weighted by atomic mass is 35.5. The number of sulfonamides is 1. The molecule has 0 amide bonds. The summed E-state index contributed by atoms with van der Waals surface area (Å²) in [5.41, 5.74) is 0.188. The van der Waals surface area contributed by atoms with Crippen molar-refractivity contribution in [3.05, 3.63) is 28.8 Å². The molecule has 0 aromatic heterocycles. The van der Waals surface area contributed by atoms with Gasteiger partial charge in [-0.25, -0.2) is 8.42 Å². The van der Waals surface area contributed by atoms with E-state index in [-0.39, 0.29) is 28.4 Å². The number of hydrogen-bond acceptors (Lipinski definition) is 4. The minimum absolute atomic E-state index is 0.0376. The lowest BCUT2D eigenvalue weighted by atomic mass is 10.0. The highest BCUT2D eigenvalue weighted by Gasteiger charge is 2.42. The monoisotopic (exact) mass is 328 g/mol. The summed E-state index contributed by atoms with van der Waals surface area (Å²) in [5.74, 6) is -1.72. The summed E-state index contributed by atoms with van der Waals surface area (Å²) in [5, 5.41) is 17.9. The molecule has 1 heterocycles. The van der Waals surface area contributed by atoms with Crippen LogP contribution in [-0.4, -0.2) is 36.4 Å². The smallest absolute Gasteiger partial charge is 0.308 e. The van der Waals surface area contributed by atoms with Crippen LogP contribution in [0.4, 0.5) is 0 Å². The molecule has 1 aliphatic heterocycles. The molecule has 0 spiro atoms. The molecule has 1 aromatic carbocycles. The first-order valence-electron chi connectivity index (χ1n) is 6.23. The third-order valence-electron chi connectivity index (χ3n) is 3.68. The van der Waals surface area contributed by atoms with E-state index in [0.717, 1.165) is 0 Å². The number of aliphatic carboxylic acids is 1. The lowest BCUT2D eigenvalue weighted by Crippen LogP contribution is -2.37. The number of rotatable bonds is 3. The van der Waals surface area contributed by atoms with Gasteiger partial charge >= 0.3 is 5.97 Å². The van der Waals surface area contributed by atoms with Crippen molar-refractivity contribution in [2.75, 3.05) is 6.54 Å². The predicted octanol–water partition coefficient (Wildman–Crippen LogP) is 1.70. The predicted molar refractivity (Wildman–Crippen MR) is 75.3 cm³/mol. The molecule has 1 fully saturated rings. The maximum atomic E-state index is 12.6. The third-order valence-corrected chi connectivity index (χ3v) is 5.98. The second kappa shape index (κ2) is 5.64. The Balaban J connectivity index is 2.38. The maximum Gasteiger partial charge on any atom is 0.308 e. The van der Waals surface area contributed by atoms with Gasteiger partial charge in [0.15, 0.2) is 0 Å². The maximum absolute atomic E-state index is 12.6. The van der Waals surface area contributed by atoms with E-state index in [0.29, 0.717) is 0 Å². The van der Waals surface area contributed by atoms with Crippen LogP contribution >= 0.6 is 11.6 Å². The Hall–Kier alpha value is -1.62. The van der Waals surface area contributed by atoms with Crippen LogP contribution in [0, 0.1) is 17.2 Å². The number of halogens is 1. The van der Waals surface area contributed by atoms with Gasteiger partial charge in [0.05, 0.1) is 21.4 Å². The number of benzene rings is 1. The lowest BCUT2D eigenvalue weighted by molar-refractivity contribution is -0.142. The van der Waals surface area contributed by atoms with Crippen LogP contribution in [0.2, 0.25) is 5.02 Å². The van der Waals surface area contributed by atoms with Crippen LogP contribution < -0.4 is 0 Å². The highest BCUT2D eigenvalue weighted by molar-refractivity contribution is 7.89. The van der Waals surface area contributed by atoms with Crippen molar-refractivity contribution in [2.24, 2.45) is 5.92 Å². The average Bonchev–Trinajstić information content (AvgIpc) is 2.81. The molecular formula is C13H13ClN2O4S. The van der Waals surface area contributed by atoms with E-state index in [1.54, 1.807) is 6.92 Å². The van der Waals surface area contributed by atoms with E-state index < -0.39 is 28.0 Å². The Morgan fingerprint density at radius 1 is 1.52 bits per heavy atom. The van der Waals surface area contributed by atoms with Crippen molar-refractivity contribution in [1.82, 2.24) is 4.31 Å². The minimum atomic E-state index is -3.83. The lowest BCUT2D eigenvalue weighted by Gasteiger charge is -2.22. The number of carbonyl (C=O) groups is 1. The highest BCUT2D eigenvalue weighted by Crippen LogP contribution is 2.31. The normalized spacial score (nSPS) is 22.9. The van der Waals surface area contributed by atoms with Gasteiger partial charge in [0, 0.05) is 12.6 Å². The first kappa shape index (κ1) is 15.8. The second-order valence-electron chi connectivity index (χ2n) is 4.84. The molecule has 0 aliphatic carbocycles. The molecule has 0 radical (unpaired) electrons. The molecular weight excluding hydrogens is 316 g/mol. The number of hydrogen-bond donors (Lipinski definition) is 1. The summed E-state index contributed by atoms with van der Waals surface area (Å²) in [4.78, 5) is 11.0. The Labute approximate surface area is 127 Å². The van der Waals surface area contributed by atoms with Crippen LogP contribution in [0.15, 0.2) is 23.1 Å². The zero-order valence-corrected chi connectivity index (χ0v) is 12.7. The number of carboxylic acids is 1. The fourth-order valence-electron chi connectivity index (χ4n) is 2.46. The molecule has 1 N–H and O–H groups in total. The van der Waals surface area contributed by atoms with E-state index >= 15 is 0 Å². The van der Waals surface area contributed by atoms with Crippen molar-refractivity contribution in [2.45, 2.75) is 24.3 Å². The molecule has 0 saturated carbocycles. The van der Waals surface area contributed by atoms with Crippen LogP contribution in [0.3, 0.4) is 0 Å². The van der Waals surface area contributed by atoms with Crippen molar-refractivity contribution >= 4 is 27.6 Å². The Morgan fingerprint density at radius 2 is 2.19 bits per heavy atom. The van der Waals surface area contributed by atoms with Crippen LogP contribution in [0.25, 0.3) is 0 Å². The Bertz CT molecular complexity index is 726. The van der Waals surface area contributed by atoms with Gasteiger partial charge in [-0.05, 0) is 31.5 Å². The topological polar surface area (TPSA) is 98.5 Å². The van der Waals surface area contributed by atoms with Gasteiger partial charge in [-0.15, -0.1) is 0 Å². The first-order valence-corrected chi connectivity index (χ1v) is 8.05. The first-order chi connectivity index (χ1) is 9.78. The Kier molecular flexibility index (Phi) is 4.23. The molecule has 8 heteroatoms. The van der Waals surface area contributed by atoms with Crippen molar-refractivity contribution < 1.29 is 18.3 Å². The van der Waals surface area contributed by atoms with Crippen LogP contribution in [0.5, 0.6) is 0 Å². The second-order valence-corrected chi connectivity index (χ2v) is 7.14. The van der Waals surface area contributed by atoms with E-state index in [4.69, 9.17) is 22.0 Å². The summed E-state index contributed by atoms with van der Waals surface area (Å²) in [6.07, 6.45) is 0.278. The van der Waals surface area contributed by atoms with Gasteiger partial charge in [0.2, 0.25) is 10.0 Å². The fraction of sp³-hybridized carbons (Fsp3) is 0.385. The van der Waals surface area contributed by atoms with Gasteiger partial charge < -0.3 is 5.11 Å². The summed E-state index contributed by atoms with van der Waals surface area (Å²) >= 11 is 5.86. The van der Waals surface area contributed by atoms with Gasteiger partial charge in [0.25, 0.3) is 0 Å². The van der Waals surface area contributed by atoms with Crippen molar-refractivity contribution in [3.8, 4) is 6.07 Å². The largest absolute Gasteiger partial charge is 0.481 e. The zero-order chi connectivity index (χ0) is 15.8. The average molecular weight is 329 g/mol. The molecule has 2 rings (SSSR count). The van der Waals surface area contributed by atoms with E-state index in [1.165, 1.54) is 22.5 Å². The SMILES string of the molecule is CC1C(C(=O)O)CCN1S(=O)(=O)c1ccc(C#N)c(Cl)c1. The molecule has 1 saturated heterocycles. The van der Waals surface area contributed by atoms with Crippen molar-refractivity contribution in [1.29, 1.82) is 5.26 Å².